The van der Waals surface area contributed by atoms with Crippen LogP contribution in [-0.4, -0.2) is 29.7 Å². The second kappa shape index (κ2) is 3.87. The van der Waals surface area contributed by atoms with Gasteiger partial charge in [-0.05, 0) is 25.7 Å². The fourth-order valence-electron chi connectivity index (χ4n) is 1.27. The fraction of sp³-hybridized carbons (Fsp3) is 0.875. The van der Waals surface area contributed by atoms with Crippen LogP contribution < -0.4 is 11.1 Å². The number of carbonyl (C=O) groups excluding carboxylic acids is 1. The molecule has 0 aromatic carbocycles. The standard InChI is InChI=1S/C8H16N2O2/c1-5(9)8(12)10-4-6-2-7(11)3-6/h5-7,11H,2-4,9H2,1H3,(H,10,12). The summed E-state index contributed by atoms with van der Waals surface area (Å²) >= 11 is 0. The van der Waals surface area contributed by atoms with Crippen molar-refractivity contribution in [3.63, 3.8) is 0 Å². The van der Waals surface area contributed by atoms with Crippen molar-refractivity contribution in [2.75, 3.05) is 6.54 Å². The van der Waals surface area contributed by atoms with Crippen LogP contribution in [0.3, 0.4) is 0 Å². The van der Waals surface area contributed by atoms with Crippen LogP contribution in [0.5, 0.6) is 0 Å². The van der Waals surface area contributed by atoms with Crippen molar-refractivity contribution in [3.8, 4) is 0 Å². The van der Waals surface area contributed by atoms with Crippen LogP contribution in [0, 0.1) is 5.92 Å². The molecule has 1 amide bonds. The molecule has 70 valence electrons. The molecule has 0 saturated heterocycles. The first-order chi connectivity index (χ1) is 5.59. The summed E-state index contributed by atoms with van der Waals surface area (Å²) in [5, 5.41) is 11.7. The Bertz CT molecular complexity index is 164. The maximum atomic E-state index is 11.0. The molecule has 0 heterocycles. The van der Waals surface area contributed by atoms with E-state index in [1.54, 1.807) is 6.92 Å². The van der Waals surface area contributed by atoms with E-state index in [9.17, 15) is 4.79 Å². The zero-order chi connectivity index (χ0) is 9.14. The van der Waals surface area contributed by atoms with Crippen LogP contribution in [0.4, 0.5) is 0 Å². The Morgan fingerprint density at radius 1 is 1.75 bits per heavy atom. The van der Waals surface area contributed by atoms with Crippen molar-refractivity contribution in [2.24, 2.45) is 11.7 Å². The molecule has 1 saturated carbocycles. The molecule has 1 unspecified atom stereocenters. The third kappa shape index (κ3) is 2.46. The molecule has 4 heteroatoms. The van der Waals surface area contributed by atoms with E-state index in [4.69, 9.17) is 10.8 Å². The monoisotopic (exact) mass is 172 g/mol. The van der Waals surface area contributed by atoms with E-state index in [-0.39, 0.29) is 12.0 Å². The molecule has 1 atom stereocenters. The number of hydrogen-bond donors (Lipinski definition) is 3. The smallest absolute Gasteiger partial charge is 0.236 e. The van der Waals surface area contributed by atoms with Crippen LogP contribution in [0.2, 0.25) is 0 Å². The van der Waals surface area contributed by atoms with E-state index in [2.05, 4.69) is 5.32 Å². The Balaban J connectivity index is 2.06. The van der Waals surface area contributed by atoms with Crippen LogP contribution in [0.1, 0.15) is 19.8 Å². The van der Waals surface area contributed by atoms with E-state index in [0.717, 1.165) is 12.8 Å². The van der Waals surface area contributed by atoms with Crippen LogP contribution in [0.25, 0.3) is 0 Å². The van der Waals surface area contributed by atoms with E-state index in [1.807, 2.05) is 0 Å². The SMILES string of the molecule is CC(N)C(=O)NCC1CC(O)C1. The molecular formula is C8H16N2O2. The van der Waals surface area contributed by atoms with E-state index in [1.165, 1.54) is 0 Å². The van der Waals surface area contributed by atoms with Crippen LogP contribution in [0.15, 0.2) is 0 Å². The van der Waals surface area contributed by atoms with Crippen LogP contribution in [-0.2, 0) is 4.79 Å². The van der Waals surface area contributed by atoms with E-state index >= 15 is 0 Å². The lowest BCUT2D eigenvalue weighted by molar-refractivity contribution is -0.122. The average molecular weight is 172 g/mol. The fourth-order valence-corrected chi connectivity index (χ4v) is 1.27. The Morgan fingerprint density at radius 3 is 2.75 bits per heavy atom. The first-order valence-electron chi connectivity index (χ1n) is 4.31. The molecule has 1 aliphatic carbocycles. The Kier molecular flexibility index (Phi) is 3.05. The van der Waals surface area contributed by atoms with Gasteiger partial charge in [0.05, 0.1) is 12.1 Å². The summed E-state index contributed by atoms with van der Waals surface area (Å²) in [5.74, 6) is 0.332. The molecule has 0 aromatic heterocycles. The predicted octanol–water partition coefficient (Wildman–Crippen LogP) is -0.779. The number of rotatable bonds is 3. The van der Waals surface area contributed by atoms with Crippen molar-refractivity contribution >= 4 is 5.91 Å². The molecule has 0 spiro atoms. The van der Waals surface area contributed by atoms with Crippen molar-refractivity contribution in [2.45, 2.75) is 31.9 Å². The van der Waals surface area contributed by atoms with Gasteiger partial charge in [0.1, 0.15) is 0 Å². The summed E-state index contributed by atoms with van der Waals surface area (Å²) in [6.07, 6.45) is 1.46. The minimum Gasteiger partial charge on any atom is -0.393 e. The molecule has 4 N–H and O–H groups in total. The first-order valence-corrected chi connectivity index (χ1v) is 4.31. The topological polar surface area (TPSA) is 75.4 Å². The van der Waals surface area contributed by atoms with Crippen molar-refractivity contribution < 1.29 is 9.90 Å². The predicted molar refractivity (Wildman–Crippen MR) is 45.4 cm³/mol. The molecule has 0 bridgehead atoms. The second-order valence-electron chi connectivity index (χ2n) is 3.53. The van der Waals surface area contributed by atoms with Gasteiger partial charge in [0.2, 0.25) is 5.91 Å². The van der Waals surface area contributed by atoms with Gasteiger partial charge in [-0.1, -0.05) is 0 Å². The maximum Gasteiger partial charge on any atom is 0.236 e. The lowest BCUT2D eigenvalue weighted by atomic mass is 9.82. The van der Waals surface area contributed by atoms with E-state index < -0.39 is 6.04 Å². The lowest BCUT2D eigenvalue weighted by Gasteiger charge is -2.31. The molecule has 0 radical (unpaired) electrons. The minimum atomic E-state index is -0.435. The summed E-state index contributed by atoms with van der Waals surface area (Å²) in [5.41, 5.74) is 5.35. The number of aliphatic hydroxyl groups excluding tert-OH is 1. The Morgan fingerprint density at radius 2 is 2.33 bits per heavy atom. The highest BCUT2D eigenvalue weighted by Gasteiger charge is 2.27. The van der Waals surface area contributed by atoms with Gasteiger partial charge < -0.3 is 16.2 Å². The molecule has 12 heavy (non-hydrogen) atoms. The summed E-state index contributed by atoms with van der Waals surface area (Å²) in [4.78, 5) is 11.0. The highest BCUT2D eigenvalue weighted by molar-refractivity contribution is 5.80. The number of nitrogens with one attached hydrogen (secondary N) is 1. The van der Waals surface area contributed by atoms with Gasteiger partial charge in [0, 0.05) is 6.54 Å². The number of carbonyl (C=O) groups is 1. The van der Waals surface area contributed by atoms with Crippen molar-refractivity contribution in [3.05, 3.63) is 0 Å². The lowest BCUT2D eigenvalue weighted by Crippen LogP contribution is -2.43. The summed E-state index contributed by atoms with van der Waals surface area (Å²) in [6.45, 7) is 2.31. The minimum absolute atomic E-state index is 0.114. The highest BCUT2D eigenvalue weighted by atomic mass is 16.3. The Hall–Kier alpha value is -0.610. The normalized spacial score (nSPS) is 30.6. The average Bonchev–Trinajstić information content (AvgIpc) is 1.95. The number of amides is 1. The third-order valence-corrected chi connectivity index (χ3v) is 2.19. The second-order valence-corrected chi connectivity index (χ2v) is 3.53. The molecule has 1 rings (SSSR count). The van der Waals surface area contributed by atoms with Crippen molar-refractivity contribution in [1.82, 2.24) is 5.32 Å². The van der Waals surface area contributed by atoms with Gasteiger partial charge in [0.15, 0.2) is 0 Å². The summed E-state index contributed by atoms with van der Waals surface area (Å²) in [6, 6.07) is -0.435. The molecular weight excluding hydrogens is 156 g/mol. The zero-order valence-electron chi connectivity index (χ0n) is 7.29. The van der Waals surface area contributed by atoms with Gasteiger partial charge >= 0.3 is 0 Å². The van der Waals surface area contributed by atoms with Gasteiger partial charge in [-0.2, -0.15) is 0 Å². The first kappa shape index (κ1) is 9.48. The van der Waals surface area contributed by atoms with Gasteiger partial charge in [-0.15, -0.1) is 0 Å². The molecule has 1 aliphatic rings. The summed E-state index contributed by atoms with van der Waals surface area (Å²) in [7, 11) is 0. The largest absolute Gasteiger partial charge is 0.393 e. The number of hydrogen-bond acceptors (Lipinski definition) is 3. The highest BCUT2D eigenvalue weighted by Crippen LogP contribution is 2.25. The quantitative estimate of drug-likeness (QED) is 0.523. The van der Waals surface area contributed by atoms with E-state index in [0.29, 0.717) is 12.5 Å². The van der Waals surface area contributed by atoms with Gasteiger partial charge in [-0.25, -0.2) is 0 Å². The van der Waals surface area contributed by atoms with Gasteiger partial charge in [0.25, 0.3) is 0 Å². The van der Waals surface area contributed by atoms with Gasteiger partial charge in [-0.3, -0.25) is 4.79 Å². The number of nitrogens with two attached hydrogens (primary N) is 1. The number of aliphatic hydroxyl groups is 1. The molecule has 0 aromatic rings. The third-order valence-electron chi connectivity index (χ3n) is 2.19. The zero-order valence-corrected chi connectivity index (χ0v) is 7.29. The molecule has 0 aliphatic heterocycles. The maximum absolute atomic E-state index is 11.0. The van der Waals surface area contributed by atoms with Crippen LogP contribution >= 0.6 is 0 Å². The molecule has 4 nitrogen and oxygen atoms in total. The molecule has 1 fully saturated rings. The van der Waals surface area contributed by atoms with Crippen molar-refractivity contribution in [1.29, 1.82) is 0 Å². The Labute approximate surface area is 72.1 Å². The summed E-state index contributed by atoms with van der Waals surface area (Å²) < 4.78 is 0.